The van der Waals surface area contributed by atoms with Crippen molar-refractivity contribution in [2.24, 2.45) is 0 Å². The van der Waals surface area contributed by atoms with Gasteiger partial charge in [-0.05, 0) is 54.3 Å². The van der Waals surface area contributed by atoms with E-state index in [0.717, 1.165) is 17.7 Å². The number of thioether (sulfide) groups is 1. The van der Waals surface area contributed by atoms with Gasteiger partial charge in [0.25, 0.3) is 5.91 Å². The van der Waals surface area contributed by atoms with E-state index < -0.39 is 0 Å². The molecule has 1 N–H and O–H groups in total. The number of amides is 1. The minimum absolute atomic E-state index is 0.205. The van der Waals surface area contributed by atoms with Gasteiger partial charge in [-0.25, -0.2) is 0 Å². The van der Waals surface area contributed by atoms with Crippen LogP contribution >= 0.6 is 35.6 Å². The van der Waals surface area contributed by atoms with E-state index in [4.69, 9.17) is 33.3 Å². The maximum atomic E-state index is 11.9. The molecule has 0 aliphatic carbocycles. The minimum Gasteiger partial charge on any atom is -0.493 e. The summed E-state index contributed by atoms with van der Waals surface area (Å²) in [6.07, 6.45) is 2.47. The second-order valence-corrected chi connectivity index (χ2v) is 9.44. The van der Waals surface area contributed by atoms with E-state index in [2.05, 4.69) is 44.3 Å². The summed E-state index contributed by atoms with van der Waals surface area (Å²) in [6.45, 7) is 7.42. The highest BCUT2D eigenvalue weighted by Crippen LogP contribution is 2.31. The van der Waals surface area contributed by atoms with Crippen molar-refractivity contribution in [3.8, 4) is 11.5 Å². The van der Waals surface area contributed by atoms with Crippen LogP contribution in [0.1, 0.15) is 42.9 Å². The van der Waals surface area contributed by atoms with Crippen LogP contribution in [0.3, 0.4) is 0 Å². The summed E-state index contributed by atoms with van der Waals surface area (Å²) in [4.78, 5) is 12.5. The second-order valence-electron chi connectivity index (χ2n) is 7.28. The Hall–Kier alpha value is -2.02. The van der Waals surface area contributed by atoms with Crippen LogP contribution in [0.5, 0.6) is 11.5 Å². The molecule has 3 rings (SSSR count). The number of thiocarbonyl (C=S) groups is 1. The third-order valence-electron chi connectivity index (χ3n) is 4.50. The molecule has 1 saturated heterocycles. The fraction of sp³-hybridized carbons (Fsp3) is 0.304. The Labute approximate surface area is 192 Å². The molecular weight excluding hydrogens is 438 g/mol. The number of rotatable bonds is 8. The van der Waals surface area contributed by atoms with Gasteiger partial charge in [-0.2, -0.15) is 0 Å². The monoisotopic (exact) mass is 461 g/mol. The highest BCUT2D eigenvalue weighted by Gasteiger charge is 2.22. The number of hydrogen-bond acceptors (Lipinski definition) is 5. The van der Waals surface area contributed by atoms with Gasteiger partial charge in [0.1, 0.15) is 15.8 Å². The first-order valence-electron chi connectivity index (χ1n) is 9.74. The van der Waals surface area contributed by atoms with Crippen molar-refractivity contribution in [3.05, 3.63) is 63.0 Å². The van der Waals surface area contributed by atoms with Gasteiger partial charge in [-0.1, -0.05) is 61.6 Å². The maximum Gasteiger partial charge on any atom is 0.263 e. The Morgan fingerprint density at radius 3 is 2.53 bits per heavy atom. The molecule has 2 aromatic carbocycles. The number of nitrogens with one attached hydrogen (secondary N) is 1. The molecular formula is C23H24ClNO3S2. The number of halogens is 1. The largest absolute Gasteiger partial charge is 0.493 e. The van der Waals surface area contributed by atoms with Crippen molar-refractivity contribution in [3.63, 3.8) is 0 Å². The van der Waals surface area contributed by atoms with Crippen LogP contribution in [0.25, 0.3) is 6.08 Å². The molecule has 0 bridgehead atoms. The second kappa shape index (κ2) is 10.3. The first kappa shape index (κ1) is 22.7. The summed E-state index contributed by atoms with van der Waals surface area (Å²) in [5.41, 5.74) is 3.13. The molecule has 0 unspecified atom stereocenters. The summed E-state index contributed by atoms with van der Waals surface area (Å²) >= 11 is 12.4. The van der Waals surface area contributed by atoms with E-state index in [0.29, 0.717) is 39.1 Å². The van der Waals surface area contributed by atoms with Gasteiger partial charge in [0.15, 0.2) is 0 Å². The molecule has 1 amide bonds. The average molecular weight is 462 g/mol. The highest BCUT2D eigenvalue weighted by atomic mass is 35.5. The molecule has 158 valence electrons. The van der Waals surface area contributed by atoms with Gasteiger partial charge >= 0.3 is 0 Å². The Bertz CT molecular complexity index is 988. The standard InChI is InChI=1S/C23H24ClNO3S2/c1-14(2)18-7-5-15(3)11-20(18)28-10-4-9-27-19-8-6-17(24)12-16(19)13-21-22(26)25-23(29)30-21/h5-8,11-14H,4,9-10H2,1-3H3,(H,25,26,29)/b21-13-. The zero-order valence-corrected chi connectivity index (χ0v) is 19.5. The SMILES string of the molecule is Cc1ccc(C(C)C)c(OCCCOc2ccc(Cl)cc2/C=C2\SC(=S)NC2=O)c1. The zero-order valence-electron chi connectivity index (χ0n) is 17.2. The fourth-order valence-corrected chi connectivity index (χ4v) is 4.21. The molecule has 7 heteroatoms. The van der Waals surface area contributed by atoms with Gasteiger partial charge in [0.05, 0.1) is 18.1 Å². The van der Waals surface area contributed by atoms with Crippen LogP contribution in [-0.4, -0.2) is 23.4 Å². The van der Waals surface area contributed by atoms with E-state index >= 15 is 0 Å². The Morgan fingerprint density at radius 2 is 1.87 bits per heavy atom. The van der Waals surface area contributed by atoms with E-state index in [1.807, 2.05) is 6.07 Å². The van der Waals surface area contributed by atoms with Gasteiger partial charge in [-0.3, -0.25) is 4.79 Å². The first-order chi connectivity index (χ1) is 14.3. The number of carbonyl (C=O) groups excluding carboxylic acids is 1. The van der Waals surface area contributed by atoms with Gasteiger partial charge in [-0.15, -0.1) is 0 Å². The molecule has 30 heavy (non-hydrogen) atoms. The molecule has 1 aliphatic heterocycles. The lowest BCUT2D eigenvalue weighted by Gasteiger charge is -2.15. The molecule has 1 aliphatic rings. The molecule has 0 atom stereocenters. The molecule has 1 fully saturated rings. The number of ether oxygens (including phenoxy) is 2. The highest BCUT2D eigenvalue weighted by molar-refractivity contribution is 8.26. The molecule has 2 aromatic rings. The summed E-state index contributed by atoms with van der Waals surface area (Å²) in [5.74, 6) is 1.79. The van der Waals surface area contributed by atoms with Crippen LogP contribution in [0, 0.1) is 6.92 Å². The molecule has 4 nitrogen and oxygen atoms in total. The zero-order chi connectivity index (χ0) is 21.7. The van der Waals surface area contributed by atoms with Crippen LogP contribution in [0.15, 0.2) is 41.3 Å². The lowest BCUT2D eigenvalue weighted by molar-refractivity contribution is -0.115. The molecule has 0 spiro atoms. The van der Waals surface area contributed by atoms with Crippen LogP contribution < -0.4 is 14.8 Å². The minimum atomic E-state index is -0.205. The maximum absolute atomic E-state index is 11.9. The van der Waals surface area contributed by atoms with Crippen LogP contribution in [0.4, 0.5) is 0 Å². The number of benzene rings is 2. The Kier molecular flexibility index (Phi) is 7.81. The average Bonchev–Trinajstić information content (AvgIpc) is 2.99. The van der Waals surface area contributed by atoms with Crippen molar-refractivity contribution < 1.29 is 14.3 Å². The summed E-state index contributed by atoms with van der Waals surface area (Å²) in [7, 11) is 0. The molecule has 0 aromatic heterocycles. The van der Waals surface area contributed by atoms with E-state index in [1.54, 1.807) is 18.2 Å². The predicted molar refractivity (Wildman–Crippen MR) is 129 cm³/mol. The van der Waals surface area contributed by atoms with Crippen LogP contribution in [-0.2, 0) is 4.79 Å². The van der Waals surface area contributed by atoms with Gasteiger partial charge < -0.3 is 14.8 Å². The van der Waals surface area contributed by atoms with Crippen molar-refractivity contribution in [1.29, 1.82) is 0 Å². The molecule has 0 saturated carbocycles. The van der Waals surface area contributed by atoms with E-state index in [9.17, 15) is 4.79 Å². The third-order valence-corrected chi connectivity index (χ3v) is 5.89. The van der Waals surface area contributed by atoms with Crippen molar-refractivity contribution in [2.45, 2.75) is 33.1 Å². The summed E-state index contributed by atoms with van der Waals surface area (Å²) < 4.78 is 12.4. The van der Waals surface area contributed by atoms with E-state index in [1.165, 1.54) is 22.9 Å². The van der Waals surface area contributed by atoms with Crippen molar-refractivity contribution in [1.82, 2.24) is 5.32 Å². The smallest absolute Gasteiger partial charge is 0.263 e. The van der Waals surface area contributed by atoms with Gasteiger partial charge in [0.2, 0.25) is 0 Å². The number of aryl methyl sites for hydroxylation is 1. The van der Waals surface area contributed by atoms with Crippen molar-refractivity contribution >= 4 is 51.9 Å². The van der Waals surface area contributed by atoms with Crippen molar-refractivity contribution in [2.75, 3.05) is 13.2 Å². The molecule has 1 heterocycles. The third kappa shape index (κ3) is 6.00. The van der Waals surface area contributed by atoms with E-state index in [-0.39, 0.29) is 5.91 Å². The predicted octanol–water partition coefficient (Wildman–Crippen LogP) is 6.11. The Morgan fingerprint density at radius 1 is 1.13 bits per heavy atom. The first-order valence-corrected chi connectivity index (χ1v) is 11.3. The Balaban J connectivity index is 1.60. The topological polar surface area (TPSA) is 47.6 Å². The number of hydrogen-bond donors (Lipinski definition) is 1. The fourth-order valence-electron chi connectivity index (χ4n) is 2.99. The lowest BCUT2D eigenvalue weighted by atomic mass is 10.0. The van der Waals surface area contributed by atoms with Crippen LogP contribution in [0.2, 0.25) is 5.02 Å². The quantitative estimate of drug-likeness (QED) is 0.292. The summed E-state index contributed by atoms with van der Waals surface area (Å²) in [5, 5.41) is 3.18. The summed E-state index contributed by atoms with van der Waals surface area (Å²) in [6, 6.07) is 11.7. The normalized spacial score (nSPS) is 15.0. The molecule has 0 radical (unpaired) electrons. The lowest BCUT2D eigenvalue weighted by Crippen LogP contribution is -2.17. The number of carbonyl (C=O) groups is 1. The van der Waals surface area contributed by atoms with Gasteiger partial charge in [0, 0.05) is 17.0 Å².